The topological polar surface area (TPSA) is 87.1 Å². The minimum absolute atomic E-state index is 0.0131. The van der Waals surface area contributed by atoms with Gasteiger partial charge in [0.1, 0.15) is 6.54 Å². The molecule has 3 saturated heterocycles. The number of alkyl halides is 3. The van der Waals surface area contributed by atoms with Gasteiger partial charge in [0.15, 0.2) is 0 Å². The van der Waals surface area contributed by atoms with Crippen LogP contribution in [0.15, 0.2) is 0 Å². The highest BCUT2D eigenvalue weighted by atomic mass is 19.4. The predicted octanol–water partition coefficient (Wildman–Crippen LogP) is 0.347. The third kappa shape index (κ3) is 3.31. The van der Waals surface area contributed by atoms with E-state index in [0.29, 0.717) is 17.9 Å². The van der Waals surface area contributed by atoms with E-state index in [1.165, 1.54) is 4.90 Å². The lowest BCUT2D eigenvalue weighted by Crippen LogP contribution is -2.45. The maximum Gasteiger partial charge on any atom is 0.406 e. The van der Waals surface area contributed by atoms with Crippen molar-refractivity contribution in [2.24, 2.45) is 17.3 Å². The van der Waals surface area contributed by atoms with Gasteiger partial charge in [-0.05, 0) is 6.42 Å². The molecule has 0 aromatic carbocycles. The summed E-state index contributed by atoms with van der Waals surface area (Å²) in [6.07, 6.45) is -4.49. The van der Waals surface area contributed by atoms with Crippen LogP contribution in [0.1, 0.15) is 12.8 Å². The van der Waals surface area contributed by atoms with Gasteiger partial charge in [-0.25, -0.2) is 0 Å². The molecule has 3 aliphatic rings. The van der Waals surface area contributed by atoms with E-state index in [9.17, 15) is 32.7 Å². The first-order valence-electron chi connectivity index (χ1n) is 8.07. The van der Waals surface area contributed by atoms with Crippen LogP contribution in [0.25, 0.3) is 0 Å². The van der Waals surface area contributed by atoms with Crippen molar-refractivity contribution in [3.8, 4) is 0 Å². The number of carbonyl (C=O) groups excluding carboxylic acids is 2. The number of fused-ring (bicyclic) bond motifs is 1. The number of amides is 2. The van der Waals surface area contributed by atoms with Gasteiger partial charge in [0.05, 0.1) is 17.9 Å². The number of halogens is 3. The number of hydrogen-bond acceptors (Lipinski definition) is 4. The van der Waals surface area contributed by atoms with Crippen molar-refractivity contribution in [2.75, 3.05) is 39.4 Å². The van der Waals surface area contributed by atoms with E-state index in [1.807, 2.05) is 0 Å². The Morgan fingerprint density at radius 1 is 1.32 bits per heavy atom. The second-order valence-electron chi connectivity index (χ2n) is 6.99. The Hall–Kier alpha value is -1.84. The SMILES string of the molecule is O=C1CC(C(=O)N2C[C@H]3COCC[C@@]3(C(=O)O)C2)CN1CC(F)(F)F. The van der Waals surface area contributed by atoms with Gasteiger partial charge in [-0.2, -0.15) is 13.2 Å². The van der Waals surface area contributed by atoms with Crippen molar-refractivity contribution in [1.29, 1.82) is 0 Å². The van der Waals surface area contributed by atoms with Crippen LogP contribution < -0.4 is 0 Å². The summed E-state index contributed by atoms with van der Waals surface area (Å²) >= 11 is 0. The molecule has 3 fully saturated rings. The van der Waals surface area contributed by atoms with E-state index in [4.69, 9.17) is 4.74 Å². The van der Waals surface area contributed by atoms with Gasteiger partial charge in [0.2, 0.25) is 11.8 Å². The van der Waals surface area contributed by atoms with Crippen LogP contribution in [-0.2, 0) is 19.1 Å². The van der Waals surface area contributed by atoms with E-state index < -0.39 is 41.8 Å². The Balaban J connectivity index is 1.68. The zero-order chi connectivity index (χ0) is 18.4. The first kappa shape index (κ1) is 18.0. The zero-order valence-corrected chi connectivity index (χ0v) is 13.4. The number of aliphatic carboxylic acids is 1. The van der Waals surface area contributed by atoms with Crippen molar-refractivity contribution >= 4 is 17.8 Å². The highest BCUT2D eigenvalue weighted by Gasteiger charge is 2.56. The largest absolute Gasteiger partial charge is 0.481 e. The van der Waals surface area contributed by atoms with Gasteiger partial charge in [-0.1, -0.05) is 0 Å². The molecule has 0 saturated carbocycles. The Morgan fingerprint density at radius 2 is 2.04 bits per heavy atom. The van der Waals surface area contributed by atoms with Crippen LogP contribution in [-0.4, -0.2) is 78.3 Å². The number of rotatable bonds is 3. The number of likely N-dealkylation sites (tertiary alicyclic amines) is 2. The fourth-order valence-corrected chi connectivity index (χ4v) is 4.03. The maximum absolute atomic E-state index is 12.6. The van der Waals surface area contributed by atoms with Gasteiger partial charge in [-0.3, -0.25) is 14.4 Å². The second kappa shape index (κ2) is 6.15. The monoisotopic (exact) mass is 364 g/mol. The molecule has 1 N–H and O–H groups in total. The summed E-state index contributed by atoms with van der Waals surface area (Å²) < 4.78 is 42.8. The van der Waals surface area contributed by atoms with E-state index in [2.05, 4.69) is 0 Å². The number of nitrogens with zero attached hydrogens (tertiary/aromatic N) is 2. The van der Waals surface area contributed by atoms with Crippen molar-refractivity contribution in [3.05, 3.63) is 0 Å². The lowest BCUT2D eigenvalue weighted by molar-refractivity contribution is -0.158. The molecule has 2 amide bonds. The third-order valence-corrected chi connectivity index (χ3v) is 5.38. The Morgan fingerprint density at radius 3 is 2.64 bits per heavy atom. The molecule has 3 rings (SSSR count). The van der Waals surface area contributed by atoms with Gasteiger partial charge in [0, 0.05) is 38.6 Å². The lowest BCUT2D eigenvalue weighted by Gasteiger charge is -2.33. The van der Waals surface area contributed by atoms with E-state index in [1.54, 1.807) is 0 Å². The fraction of sp³-hybridized carbons (Fsp3) is 0.800. The van der Waals surface area contributed by atoms with Gasteiger partial charge < -0.3 is 19.6 Å². The quantitative estimate of drug-likeness (QED) is 0.781. The molecule has 0 radical (unpaired) electrons. The number of ether oxygens (including phenoxy) is 1. The third-order valence-electron chi connectivity index (χ3n) is 5.38. The van der Waals surface area contributed by atoms with Gasteiger partial charge >= 0.3 is 12.1 Å². The lowest BCUT2D eigenvalue weighted by atomic mass is 9.74. The van der Waals surface area contributed by atoms with Crippen molar-refractivity contribution in [3.63, 3.8) is 0 Å². The van der Waals surface area contributed by atoms with Crippen LogP contribution >= 0.6 is 0 Å². The standard InChI is InChI=1S/C15H19F3N2O5/c16-15(17,18)8-19-4-9(3-11(19)21)12(22)20-5-10-6-25-2-1-14(10,7-20)13(23)24/h9-10H,1-8H2,(H,23,24)/t9?,10-,14+/m0/s1. The summed E-state index contributed by atoms with van der Waals surface area (Å²) in [7, 11) is 0. The average Bonchev–Trinajstić information content (AvgIpc) is 3.07. The molecule has 3 heterocycles. The normalized spacial score (nSPS) is 32.8. The minimum Gasteiger partial charge on any atom is -0.481 e. The van der Waals surface area contributed by atoms with Gasteiger partial charge in [-0.15, -0.1) is 0 Å². The molecule has 1 unspecified atom stereocenters. The first-order valence-corrected chi connectivity index (χ1v) is 8.07. The molecule has 0 spiro atoms. The molecule has 3 aliphatic heterocycles. The van der Waals surface area contributed by atoms with Crippen molar-refractivity contribution < 1.29 is 37.4 Å². The summed E-state index contributed by atoms with van der Waals surface area (Å²) in [4.78, 5) is 38.1. The molecule has 0 aromatic rings. The van der Waals surface area contributed by atoms with E-state index >= 15 is 0 Å². The van der Waals surface area contributed by atoms with E-state index in [0.717, 1.165) is 0 Å². The number of carboxylic acids is 1. The Kier molecular flexibility index (Phi) is 4.42. The predicted molar refractivity (Wildman–Crippen MR) is 76.3 cm³/mol. The Bertz CT molecular complexity index is 596. The van der Waals surface area contributed by atoms with Gasteiger partial charge in [0.25, 0.3) is 0 Å². The molecule has 0 aliphatic carbocycles. The molecule has 10 heteroatoms. The second-order valence-corrected chi connectivity index (χ2v) is 6.99. The number of carboxylic acid groups (broad SMARTS) is 1. The zero-order valence-electron chi connectivity index (χ0n) is 13.4. The van der Waals surface area contributed by atoms with Crippen molar-refractivity contribution in [2.45, 2.75) is 19.0 Å². The molecule has 0 bridgehead atoms. The first-order chi connectivity index (χ1) is 11.6. The molecule has 3 atom stereocenters. The molecule has 140 valence electrons. The minimum atomic E-state index is -4.51. The highest BCUT2D eigenvalue weighted by Crippen LogP contribution is 2.43. The highest BCUT2D eigenvalue weighted by molar-refractivity contribution is 5.90. The fourth-order valence-electron chi connectivity index (χ4n) is 4.03. The van der Waals surface area contributed by atoms with Crippen LogP contribution in [0.2, 0.25) is 0 Å². The smallest absolute Gasteiger partial charge is 0.406 e. The Labute approximate surface area is 141 Å². The molecular weight excluding hydrogens is 345 g/mol. The number of carbonyl (C=O) groups is 3. The molecule has 0 aromatic heterocycles. The molecule has 25 heavy (non-hydrogen) atoms. The van der Waals surface area contributed by atoms with Crippen LogP contribution in [0, 0.1) is 17.3 Å². The summed E-state index contributed by atoms with van der Waals surface area (Å²) in [6, 6.07) is 0. The molecular formula is C15H19F3N2O5. The van der Waals surface area contributed by atoms with Crippen LogP contribution in [0.3, 0.4) is 0 Å². The molecule has 7 nitrogen and oxygen atoms in total. The average molecular weight is 364 g/mol. The summed E-state index contributed by atoms with van der Waals surface area (Å²) in [5.41, 5.74) is -1.07. The summed E-state index contributed by atoms with van der Waals surface area (Å²) in [6.45, 7) is -0.916. The summed E-state index contributed by atoms with van der Waals surface area (Å²) in [5.74, 6) is -3.35. The van der Waals surface area contributed by atoms with Crippen LogP contribution in [0.4, 0.5) is 13.2 Å². The van der Waals surface area contributed by atoms with Crippen LogP contribution in [0.5, 0.6) is 0 Å². The van der Waals surface area contributed by atoms with Crippen molar-refractivity contribution in [1.82, 2.24) is 9.80 Å². The summed E-state index contributed by atoms with van der Waals surface area (Å²) in [5, 5.41) is 9.59. The number of hydrogen-bond donors (Lipinski definition) is 1. The maximum atomic E-state index is 12.6. The van der Waals surface area contributed by atoms with E-state index in [-0.39, 0.29) is 38.6 Å².